The van der Waals surface area contributed by atoms with Crippen molar-refractivity contribution in [1.29, 1.82) is 0 Å². The van der Waals surface area contributed by atoms with Crippen molar-refractivity contribution in [1.82, 2.24) is 0 Å². The Morgan fingerprint density at radius 1 is 1.32 bits per heavy atom. The summed E-state index contributed by atoms with van der Waals surface area (Å²) in [5, 5.41) is 13.9. The Balaban J connectivity index is 1.80. The fourth-order valence-corrected chi connectivity index (χ4v) is 3.04. The van der Waals surface area contributed by atoms with Gasteiger partial charge in [-0.3, -0.25) is 14.9 Å². The van der Waals surface area contributed by atoms with Crippen LogP contribution < -0.4 is 15.0 Å². The second kappa shape index (κ2) is 6.80. The van der Waals surface area contributed by atoms with E-state index in [0.29, 0.717) is 5.75 Å². The maximum atomic E-state index is 12.6. The molecular formula is C18H19N3O4. The number of hydrogen-bond acceptors (Lipinski definition) is 5. The Morgan fingerprint density at radius 2 is 2.08 bits per heavy atom. The molecule has 0 saturated carbocycles. The molecule has 1 atom stereocenters. The predicted octanol–water partition coefficient (Wildman–Crippen LogP) is 2.99. The summed E-state index contributed by atoms with van der Waals surface area (Å²) in [5.41, 5.74) is 2.21. The first-order valence-electron chi connectivity index (χ1n) is 7.99. The largest absolute Gasteiger partial charge is 0.496 e. The molecule has 7 heteroatoms. The van der Waals surface area contributed by atoms with Crippen molar-refractivity contribution in [3.05, 3.63) is 58.1 Å². The number of amides is 1. The van der Waals surface area contributed by atoms with Crippen molar-refractivity contribution in [3.63, 3.8) is 0 Å². The Bertz CT molecular complexity index is 822. The third-order valence-corrected chi connectivity index (χ3v) is 4.43. The van der Waals surface area contributed by atoms with E-state index in [1.807, 2.05) is 29.2 Å². The highest BCUT2D eigenvalue weighted by Crippen LogP contribution is 2.31. The standard InChI is InChI=1S/C18H19N3O4/c1-12(20-10-9-13-5-3-4-6-16(13)20)18(22)19-15-8-7-14(25-2)11-17(15)21(23)24/h3-8,11-12H,9-10H2,1-2H3,(H,19,22). The van der Waals surface area contributed by atoms with E-state index in [2.05, 4.69) is 5.32 Å². The molecule has 25 heavy (non-hydrogen) atoms. The van der Waals surface area contributed by atoms with E-state index in [9.17, 15) is 14.9 Å². The van der Waals surface area contributed by atoms with Crippen LogP contribution in [0.25, 0.3) is 0 Å². The molecule has 7 nitrogen and oxygen atoms in total. The zero-order valence-corrected chi connectivity index (χ0v) is 14.1. The third-order valence-electron chi connectivity index (χ3n) is 4.43. The van der Waals surface area contributed by atoms with Gasteiger partial charge in [0.2, 0.25) is 5.91 Å². The number of methoxy groups -OCH3 is 1. The molecule has 1 N–H and O–H groups in total. The molecule has 0 spiro atoms. The van der Waals surface area contributed by atoms with Gasteiger partial charge in [0, 0.05) is 12.2 Å². The first-order chi connectivity index (χ1) is 12.0. The van der Waals surface area contributed by atoms with E-state index in [0.717, 1.165) is 18.7 Å². The summed E-state index contributed by atoms with van der Waals surface area (Å²) in [7, 11) is 1.43. The molecule has 1 amide bonds. The Morgan fingerprint density at radius 3 is 2.80 bits per heavy atom. The van der Waals surface area contributed by atoms with Gasteiger partial charge in [-0.05, 0) is 37.1 Å². The fraction of sp³-hybridized carbons (Fsp3) is 0.278. The average Bonchev–Trinajstić information content (AvgIpc) is 3.05. The van der Waals surface area contributed by atoms with E-state index in [1.165, 1.54) is 24.8 Å². The Hall–Kier alpha value is -3.09. The monoisotopic (exact) mass is 341 g/mol. The summed E-state index contributed by atoms with van der Waals surface area (Å²) in [6.07, 6.45) is 0.885. The van der Waals surface area contributed by atoms with Gasteiger partial charge in [0.1, 0.15) is 17.5 Å². The lowest BCUT2D eigenvalue weighted by molar-refractivity contribution is -0.384. The van der Waals surface area contributed by atoms with Crippen LogP contribution in [0.4, 0.5) is 17.1 Å². The van der Waals surface area contributed by atoms with Crippen molar-refractivity contribution >= 4 is 23.0 Å². The Kier molecular flexibility index (Phi) is 4.56. The third kappa shape index (κ3) is 3.26. The number of hydrogen-bond donors (Lipinski definition) is 1. The minimum atomic E-state index is -0.534. The van der Waals surface area contributed by atoms with Crippen molar-refractivity contribution in [3.8, 4) is 5.75 Å². The summed E-state index contributed by atoms with van der Waals surface area (Å²) in [4.78, 5) is 25.4. The number of nitrogens with one attached hydrogen (secondary N) is 1. The van der Waals surface area contributed by atoms with E-state index >= 15 is 0 Å². The lowest BCUT2D eigenvalue weighted by Gasteiger charge is -2.26. The summed E-state index contributed by atoms with van der Waals surface area (Å²) in [5.74, 6) is 0.0798. The van der Waals surface area contributed by atoms with Crippen LogP contribution in [0.15, 0.2) is 42.5 Å². The number of nitrogens with zero attached hydrogens (tertiary/aromatic N) is 2. The van der Waals surface area contributed by atoms with Crippen LogP contribution in [0, 0.1) is 10.1 Å². The van der Waals surface area contributed by atoms with Crippen molar-refractivity contribution < 1.29 is 14.5 Å². The van der Waals surface area contributed by atoms with Crippen LogP contribution in [0.5, 0.6) is 5.75 Å². The molecule has 0 bridgehead atoms. The van der Waals surface area contributed by atoms with E-state index in [-0.39, 0.29) is 17.3 Å². The van der Waals surface area contributed by atoms with Crippen LogP contribution in [0.3, 0.4) is 0 Å². The number of nitro benzene ring substituents is 1. The molecule has 3 rings (SSSR count). The number of para-hydroxylation sites is 1. The van der Waals surface area contributed by atoms with Crippen molar-refractivity contribution in [2.24, 2.45) is 0 Å². The Labute approximate surface area is 145 Å². The highest BCUT2D eigenvalue weighted by atomic mass is 16.6. The first kappa shape index (κ1) is 16.8. The molecule has 0 fully saturated rings. The zero-order chi connectivity index (χ0) is 18.0. The van der Waals surface area contributed by atoms with Crippen LogP contribution >= 0.6 is 0 Å². The second-order valence-corrected chi connectivity index (χ2v) is 5.88. The fourth-order valence-electron chi connectivity index (χ4n) is 3.04. The maximum absolute atomic E-state index is 12.6. The molecular weight excluding hydrogens is 322 g/mol. The molecule has 1 aliphatic heterocycles. The summed E-state index contributed by atoms with van der Waals surface area (Å²) >= 11 is 0. The minimum absolute atomic E-state index is 0.162. The minimum Gasteiger partial charge on any atom is -0.496 e. The van der Waals surface area contributed by atoms with E-state index < -0.39 is 11.0 Å². The topological polar surface area (TPSA) is 84.7 Å². The average molecular weight is 341 g/mol. The quantitative estimate of drug-likeness (QED) is 0.667. The number of ether oxygens (including phenoxy) is 1. The van der Waals surface area contributed by atoms with Gasteiger partial charge in [-0.15, -0.1) is 0 Å². The number of benzene rings is 2. The maximum Gasteiger partial charge on any atom is 0.296 e. The molecule has 2 aromatic rings. The molecule has 0 saturated heterocycles. The number of carbonyl (C=O) groups excluding carboxylic acids is 1. The van der Waals surface area contributed by atoms with E-state index in [4.69, 9.17) is 4.74 Å². The lowest BCUT2D eigenvalue weighted by atomic mass is 10.1. The normalized spacial score (nSPS) is 13.9. The van der Waals surface area contributed by atoms with Gasteiger partial charge in [0.05, 0.1) is 18.1 Å². The van der Waals surface area contributed by atoms with Crippen LogP contribution in [-0.2, 0) is 11.2 Å². The molecule has 1 unspecified atom stereocenters. The lowest BCUT2D eigenvalue weighted by Crippen LogP contribution is -2.41. The molecule has 0 radical (unpaired) electrons. The van der Waals surface area contributed by atoms with Gasteiger partial charge in [0.25, 0.3) is 5.69 Å². The molecule has 2 aromatic carbocycles. The van der Waals surface area contributed by atoms with Crippen LogP contribution in [-0.4, -0.2) is 30.5 Å². The molecule has 1 aliphatic rings. The highest BCUT2D eigenvalue weighted by Gasteiger charge is 2.28. The SMILES string of the molecule is COc1ccc(NC(=O)C(C)N2CCc3ccccc32)c([N+](=O)[O-])c1. The number of nitro groups is 1. The summed E-state index contributed by atoms with van der Waals surface area (Å²) in [6, 6.07) is 11.9. The highest BCUT2D eigenvalue weighted by molar-refractivity contribution is 5.98. The predicted molar refractivity (Wildman–Crippen MR) is 95.2 cm³/mol. The first-order valence-corrected chi connectivity index (χ1v) is 7.99. The molecule has 0 aliphatic carbocycles. The number of rotatable bonds is 5. The van der Waals surface area contributed by atoms with Crippen LogP contribution in [0.2, 0.25) is 0 Å². The molecule has 0 aromatic heterocycles. The van der Waals surface area contributed by atoms with E-state index in [1.54, 1.807) is 13.0 Å². The van der Waals surface area contributed by atoms with Crippen LogP contribution in [0.1, 0.15) is 12.5 Å². The van der Waals surface area contributed by atoms with Gasteiger partial charge in [-0.25, -0.2) is 0 Å². The second-order valence-electron chi connectivity index (χ2n) is 5.88. The van der Waals surface area contributed by atoms with Gasteiger partial charge in [-0.1, -0.05) is 18.2 Å². The summed E-state index contributed by atoms with van der Waals surface area (Å²) in [6.45, 7) is 2.55. The van der Waals surface area contributed by atoms with Gasteiger partial charge in [0.15, 0.2) is 0 Å². The van der Waals surface area contributed by atoms with Gasteiger partial charge in [-0.2, -0.15) is 0 Å². The molecule has 130 valence electrons. The number of carbonyl (C=O) groups is 1. The van der Waals surface area contributed by atoms with Crippen molar-refractivity contribution in [2.45, 2.75) is 19.4 Å². The molecule has 1 heterocycles. The van der Waals surface area contributed by atoms with Gasteiger partial charge >= 0.3 is 0 Å². The number of fused-ring (bicyclic) bond motifs is 1. The van der Waals surface area contributed by atoms with Gasteiger partial charge < -0.3 is 15.0 Å². The zero-order valence-electron chi connectivity index (χ0n) is 14.1. The summed E-state index contributed by atoms with van der Waals surface area (Å²) < 4.78 is 5.01. The van der Waals surface area contributed by atoms with Crippen molar-refractivity contribution in [2.75, 3.05) is 23.9 Å². The number of anilines is 2. The smallest absolute Gasteiger partial charge is 0.296 e.